The van der Waals surface area contributed by atoms with Gasteiger partial charge in [0.2, 0.25) is 0 Å². The number of hydrogen-bond donors (Lipinski definition) is 3. The summed E-state index contributed by atoms with van der Waals surface area (Å²) in [6.07, 6.45) is 2.18. The molecule has 7 heteroatoms. The van der Waals surface area contributed by atoms with Crippen molar-refractivity contribution in [3.8, 4) is 0 Å². The standard InChI is InChI=1S/C24H33N5O.HI/c1-18-9-11-21(12-10-18)19(2)16-26-23(25-3)27-17-20-7-6-8-22(15-20)28-24(30)29-13-4-5-14-29;/h6-12,15,19H,4-5,13-14,16-17H2,1-3H3,(H,28,30)(H2,25,26,27);1H. The predicted octanol–water partition coefficient (Wildman–Crippen LogP) is 4.71. The molecule has 1 fully saturated rings. The highest BCUT2D eigenvalue weighted by molar-refractivity contribution is 14.0. The van der Waals surface area contributed by atoms with E-state index in [0.717, 1.165) is 49.7 Å². The number of nitrogens with zero attached hydrogens (tertiary/aromatic N) is 2. The number of aryl methyl sites for hydroxylation is 1. The maximum Gasteiger partial charge on any atom is 0.321 e. The third-order valence-corrected chi connectivity index (χ3v) is 5.48. The number of guanidine groups is 1. The van der Waals surface area contributed by atoms with E-state index in [-0.39, 0.29) is 30.0 Å². The number of carbonyl (C=O) groups is 1. The van der Waals surface area contributed by atoms with Crippen molar-refractivity contribution in [1.29, 1.82) is 0 Å². The summed E-state index contributed by atoms with van der Waals surface area (Å²) in [5, 5.41) is 9.75. The van der Waals surface area contributed by atoms with Crippen molar-refractivity contribution in [1.82, 2.24) is 15.5 Å². The van der Waals surface area contributed by atoms with E-state index in [1.165, 1.54) is 11.1 Å². The number of aliphatic imine (C=N–C) groups is 1. The van der Waals surface area contributed by atoms with Gasteiger partial charge in [-0.2, -0.15) is 0 Å². The Hall–Kier alpha value is -2.29. The van der Waals surface area contributed by atoms with Crippen LogP contribution in [-0.2, 0) is 6.54 Å². The highest BCUT2D eigenvalue weighted by Crippen LogP contribution is 2.15. The Morgan fingerprint density at radius 2 is 1.81 bits per heavy atom. The van der Waals surface area contributed by atoms with Gasteiger partial charge in [-0.05, 0) is 48.9 Å². The largest absolute Gasteiger partial charge is 0.356 e. The van der Waals surface area contributed by atoms with Crippen molar-refractivity contribution in [2.24, 2.45) is 4.99 Å². The average molecular weight is 535 g/mol. The molecule has 1 saturated heterocycles. The summed E-state index contributed by atoms with van der Waals surface area (Å²) in [5.74, 6) is 1.15. The predicted molar refractivity (Wildman–Crippen MR) is 139 cm³/mol. The first kappa shape index (κ1) is 25.0. The van der Waals surface area contributed by atoms with Gasteiger partial charge in [-0.1, -0.05) is 48.9 Å². The maximum absolute atomic E-state index is 12.3. The number of rotatable bonds is 6. The number of halogens is 1. The smallest absolute Gasteiger partial charge is 0.321 e. The first-order chi connectivity index (χ1) is 14.5. The highest BCUT2D eigenvalue weighted by atomic mass is 127. The molecule has 6 nitrogen and oxygen atoms in total. The fraction of sp³-hybridized carbons (Fsp3) is 0.417. The first-order valence-electron chi connectivity index (χ1n) is 10.7. The van der Waals surface area contributed by atoms with Crippen LogP contribution < -0.4 is 16.0 Å². The van der Waals surface area contributed by atoms with Crippen molar-refractivity contribution in [3.05, 3.63) is 65.2 Å². The molecule has 0 aliphatic carbocycles. The molecule has 0 radical (unpaired) electrons. The summed E-state index contributed by atoms with van der Waals surface area (Å²) >= 11 is 0. The van der Waals surface area contributed by atoms with Gasteiger partial charge in [-0.3, -0.25) is 4.99 Å². The van der Waals surface area contributed by atoms with Gasteiger partial charge in [-0.25, -0.2) is 4.79 Å². The van der Waals surface area contributed by atoms with E-state index in [9.17, 15) is 4.79 Å². The molecule has 2 aromatic rings. The molecule has 0 saturated carbocycles. The Balaban J connectivity index is 0.00000341. The lowest BCUT2D eigenvalue weighted by Crippen LogP contribution is -2.38. The molecular weight excluding hydrogens is 501 g/mol. The van der Waals surface area contributed by atoms with Crippen molar-refractivity contribution < 1.29 is 4.79 Å². The second kappa shape index (κ2) is 12.5. The molecule has 31 heavy (non-hydrogen) atoms. The van der Waals surface area contributed by atoms with E-state index >= 15 is 0 Å². The summed E-state index contributed by atoms with van der Waals surface area (Å²) in [4.78, 5) is 18.5. The number of hydrogen-bond acceptors (Lipinski definition) is 2. The molecule has 1 unspecified atom stereocenters. The van der Waals surface area contributed by atoms with Crippen LogP contribution in [-0.4, -0.2) is 43.6 Å². The van der Waals surface area contributed by atoms with Gasteiger partial charge in [0.05, 0.1) is 0 Å². The molecule has 1 aliphatic rings. The first-order valence-corrected chi connectivity index (χ1v) is 10.7. The van der Waals surface area contributed by atoms with Gasteiger partial charge in [0, 0.05) is 38.9 Å². The van der Waals surface area contributed by atoms with Crippen LogP contribution in [0.25, 0.3) is 0 Å². The number of benzene rings is 2. The molecule has 168 valence electrons. The van der Waals surface area contributed by atoms with Crippen molar-refractivity contribution >= 4 is 41.7 Å². The summed E-state index contributed by atoms with van der Waals surface area (Å²) in [5.41, 5.74) is 4.49. The fourth-order valence-corrected chi connectivity index (χ4v) is 3.55. The van der Waals surface area contributed by atoms with Gasteiger partial charge >= 0.3 is 6.03 Å². The zero-order valence-electron chi connectivity index (χ0n) is 18.6. The number of likely N-dealkylation sites (tertiary alicyclic amines) is 1. The number of amides is 2. The van der Waals surface area contributed by atoms with Crippen molar-refractivity contribution in [3.63, 3.8) is 0 Å². The van der Waals surface area contributed by atoms with Gasteiger partial charge in [-0.15, -0.1) is 24.0 Å². The molecule has 0 aromatic heterocycles. The van der Waals surface area contributed by atoms with Crippen LogP contribution in [0.15, 0.2) is 53.5 Å². The van der Waals surface area contributed by atoms with Crippen molar-refractivity contribution in [2.45, 2.75) is 39.2 Å². The van der Waals surface area contributed by atoms with Crippen LogP contribution in [0.1, 0.15) is 42.4 Å². The lowest BCUT2D eigenvalue weighted by Gasteiger charge is -2.18. The van der Waals surface area contributed by atoms with Gasteiger partial charge in [0.15, 0.2) is 5.96 Å². The maximum atomic E-state index is 12.3. The Kier molecular flexibility index (Phi) is 10.1. The van der Waals surface area contributed by atoms with E-state index in [1.807, 2.05) is 29.2 Å². The van der Waals surface area contributed by atoms with E-state index in [4.69, 9.17) is 0 Å². The van der Waals surface area contributed by atoms with Crippen LogP contribution in [0.2, 0.25) is 0 Å². The summed E-state index contributed by atoms with van der Waals surface area (Å²) in [6, 6.07) is 16.6. The Labute approximate surface area is 202 Å². The van der Waals surface area contributed by atoms with Crippen LogP contribution in [0.4, 0.5) is 10.5 Å². The number of anilines is 1. The van der Waals surface area contributed by atoms with Gasteiger partial charge in [0.25, 0.3) is 0 Å². The average Bonchev–Trinajstić information content (AvgIpc) is 3.29. The van der Waals surface area contributed by atoms with Gasteiger partial charge < -0.3 is 20.9 Å². The molecule has 3 rings (SSSR count). The van der Waals surface area contributed by atoms with Crippen LogP contribution in [0.3, 0.4) is 0 Å². The Morgan fingerprint density at radius 1 is 1.10 bits per heavy atom. The second-order valence-corrected chi connectivity index (χ2v) is 7.94. The van der Waals surface area contributed by atoms with E-state index in [2.05, 4.69) is 59.1 Å². The number of nitrogens with one attached hydrogen (secondary N) is 3. The fourth-order valence-electron chi connectivity index (χ4n) is 3.55. The van der Waals surface area contributed by atoms with Gasteiger partial charge in [0.1, 0.15) is 0 Å². The van der Waals surface area contributed by atoms with Crippen molar-refractivity contribution in [2.75, 3.05) is 32.0 Å². The highest BCUT2D eigenvalue weighted by Gasteiger charge is 2.17. The molecule has 2 amide bonds. The summed E-state index contributed by atoms with van der Waals surface area (Å²) < 4.78 is 0. The zero-order valence-corrected chi connectivity index (χ0v) is 21.0. The third-order valence-electron chi connectivity index (χ3n) is 5.48. The molecular formula is C24H34IN5O. The van der Waals surface area contributed by atoms with E-state index < -0.39 is 0 Å². The monoisotopic (exact) mass is 535 g/mol. The minimum Gasteiger partial charge on any atom is -0.356 e. The third kappa shape index (κ3) is 7.72. The SMILES string of the molecule is CN=C(NCc1cccc(NC(=O)N2CCCC2)c1)NCC(C)c1ccc(C)cc1.I. The molecule has 1 heterocycles. The summed E-state index contributed by atoms with van der Waals surface area (Å²) in [7, 11) is 1.78. The number of carbonyl (C=O) groups excluding carboxylic acids is 1. The Bertz CT molecular complexity index is 863. The second-order valence-electron chi connectivity index (χ2n) is 7.94. The Morgan fingerprint density at radius 3 is 2.48 bits per heavy atom. The molecule has 0 spiro atoms. The molecule has 0 bridgehead atoms. The quantitative estimate of drug-likeness (QED) is 0.285. The van der Waals surface area contributed by atoms with E-state index in [1.54, 1.807) is 7.05 Å². The van der Waals surface area contributed by atoms with Crippen LogP contribution in [0.5, 0.6) is 0 Å². The molecule has 1 atom stereocenters. The molecule has 3 N–H and O–H groups in total. The normalized spacial score (nSPS) is 14.5. The lowest BCUT2D eigenvalue weighted by molar-refractivity contribution is 0.222. The lowest BCUT2D eigenvalue weighted by atomic mass is 10.0. The van der Waals surface area contributed by atoms with E-state index in [0.29, 0.717) is 12.5 Å². The van der Waals surface area contributed by atoms with Crippen LogP contribution in [0, 0.1) is 6.92 Å². The zero-order chi connectivity index (χ0) is 21.3. The topological polar surface area (TPSA) is 68.8 Å². The molecule has 1 aliphatic heterocycles. The number of urea groups is 1. The minimum atomic E-state index is -0.0137. The molecule has 2 aromatic carbocycles. The minimum absolute atomic E-state index is 0. The van der Waals surface area contributed by atoms with Crippen LogP contribution >= 0.6 is 24.0 Å². The summed E-state index contributed by atoms with van der Waals surface area (Å²) in [6.45, 7) is 7.43.